The maximum Gasteiger partial charge on any atom is 0.213 e. The van der Waals surface area contributed by atoms with Gasteiger partial charge in [-0.2, -0.15) is 0 Å². The van der Waals surface area contributed by atoms with E-state index in [9.17, 15) is 0 Å². The summed E-state index contributed by atoms with van der Waals surface area (Å²) in [5, 5.41) is 1.09. The summed E-state index contributed by atoms with van der Waals surface area (Å²) in [6, 6.07) is 16.8. The summed E-state index contributed by atoms with van der Waals surface area (Å²) in [6.45, 7) is 6.24. The maximum absolute atomic E-state index is 5.89. The molecule has 0 bridgehead atoms. The molecular formula is C24H29N3O. The van der Waals surface area contributed by atoms with Gasteiger partial charge < -0.3 is 9.64 Å². The SMILES string of the molecule is Cc1nccc2nc(OCCCN3CCC(Cc4ccccc4)CC3)ccc12. The van der Waals surface area contributed by atoms with Crippen LogP contribution in [-0.2, 0) is 6.42 Å². The van der Waals surface area contributed by atoms with Crippen LogP contribution < -0.4 is 4.74 Å². The van der Waals surface area contributed by atoms with E-state index in [-0.39, 0.29) is 0 Å². The molecule has 2 aromatic heterocycles. The van der Waals surface area contributed by atoms with Gasteiger partial charge in [-0.15, -0.1) is 0 Å². The minimum atomic E-state index is 0.708. The Morgan fingerprint density at radius 3 is 2.68 bits per heavy atom. The zero-order chi connectivity index (χ0) is 19.2. The number of fused-ring (bicyclic) bond motifs is 1. The average Bonchev–Trinajstić information content (AvgIpc) is 2.73. The monoisotopic (exact) mass is 375 g/mol. The minimum Gasteiger partial charge on any atom is -0.478 e. The van der Waals surface area contributed by atoms with Crippen LogP contribution in [0.25, 0.3) is 10.9 Å². The van der Waals surface area contributed by atoms with Crippen LogP contribution in [0.2, 0.25) is 0 Å². The Morgan fingerprint density at radius 2 is 1.86 bits per heavy atom. The molecule has 28 heavy (non-hydrogen) atoms. The molecule has 4 rings (SSSR count). The van der Waals surface area contributed by atoms with Crippen molar-refractivity contribution in [1.82, 2.24) is 14.9 Å². The molecule has 0 atom stereocenters. The number of nitrogens with zero attached hydrogens (tertiary/aromatic N) is 3. The standard InChI is InChI=1S/C24H29N3O/c1-19-22-8-9-24(26-23(22)10-13-25-19)28-17-5-14-27-15-11-21(12-16-27)18-20-6-3-2-4-7-20/h2-4,6-10,13,21H,5,11-12,14-18H2,1H3. The lowest BCUT2D eigenvalue weighted by Gasteiger charge is -2.32. The number of likely N-dealkylation sites (tertiary alicyclic amines) is 1. The normalized spacial score (nSPS) is 15.8. The predicted octanol–water partition coefficient (Wildman–Crippen LogP) is 4.66. The van der Waals surface area contributed by atoms with Crippen molar-refractivity contribution < 1.29 is 4.74 Å². The first kappa shape index (κ1) is 18.9. The van der Waals surface area contributed by atoms with Crippen molar-refractivity contribution in [3.8, 4) is 5.88 Å². The fourth-order valence-corrected chi connectivity index (χ4v) is 4.09. The van der Waals surface area contributed by atoms with Crippen LogP contribution in [0.5, 0.6) is 5.88 Å². The smallest absolute Gasteiger partial charge is 0.213 e. The fraction of sp³-hybridized carbons (Fsp3) is 0.417. The van der Waals surface area contributed by atoms with Gasteiger partial charge in [-0.3, -0.25) is 4.98 Å². The third kappa shape index (κ3) is 4.87. The number of piperidine rings is 1. The lowest BCUT2D eigenvalue weighted by molar-refractivity contribution is 0.170. The minimum absolute atomic E-state index is 0.708. The second-order valence-electron chi connectivity index (χ2n) is 7.79. The Hall–Kier alpha value is -2.46. The van der Waals surface area contributed by atoms with E-state index in [2.05, 4.69) is 51.3 Å². The van der Waals surface area contributed by atoms with Gasteiger partial charge in [0.05, 0.1) is 12.1 Å². The van der Waals surface area contributed by atoms with Crippen LogP contribution in [0.15, 0.2) is 54.7 Å². The van der Waals surface area contributed by atoms with Crippen molar-refractivity contribution in [2.45, 2.75) is 32.6 Å². The summed E-state index contributed by atoms with van der Waals surface area (Å²) in [7, 11) is 0. The molecule has 1 saturated heterocycles. The first-order chi connectivity index (χ1) is 13.8. The van der Waals surface area contributed by atoms with Crippen molar-refractivity contribution >= 4 is 10.9 Å². The predicted molar refractivity (Wildman–Crippen MR) is 114 cm³/mol. The van der Waals surface area contributed by atoms with E-state index in [0.29, 0.717) is 12.5 Å². The third-order valence-electron chi connectivity index (χ3n) is 5.73. The van der Waals surface area contributed by atoms with Crippen molar-refractivity contribution in [3.05, 3.63) is 66.0 Å². The Kier molecular flexibility index (Phi) is 6.17. The third-order valence-corrected chi connectivity index (χ3v) is 5.73. The number of hydrogen-bond donors (Lipinski definition) is 0. The highest BCUT2D eigenvalue weighted by Crippen LogP contribution is 2.22. The van der Waals surface area contributed by atoms with Gasteiger partial charge >= 0.3 is 0 Å². The molecule has 0 amide bonds. The molecule has 0 spiro atoms. The van der Waals surface area contributed by atoms with Gasteiger partial charge in [-0.25, -0.2) is 4.98 Å². The van der Waals surface area contributed by atoms with Crippen LogP contribution in [0, 0.1) is 12.8 Å². The molecule has 3 heterocycles. The van der Waals surface area contributed by atoms with Gasteiger partial charge in [-0.1, -0.05) is 30.3 Å². The Bertz CT molecular complexity index is 889. The number of aromatic nitrogens is 2. The number of benzene rings is 1. The molecule has 0 aliphatic carbocycles. The van der Waals surface area contributed by atoms with E-state index in [1.807, 2.05) is 19.1 Å². The fourth-order valence-electron chi connectivity index (χ4n) is 4.09. The topological polar surface area (TPSA) is 38.3 Å². The number of pyridine rings is 2. The Labute approximate surface area is 167 Å². The quantitative estimate of drug-likeness (QED) is 0.563. The van der Waals surface area contributed by atoms with Crippen LogP contribution in [0.1, 0.15) is 30.5 Å². The average molecular weight is 376 g/mol. The van der Waals surface area contributed by atoms with Crippen LogP contribution in [-0.4, -0.2) is 41.1 Å². The van der Waals surface area contributed by atoms with Gasteiger partial charge in [-0.05, 0) is 69.3 Å². The van der Waals surface area contributed by atoms with Gasteiger partial charge in [0.25, 0.3) is 0 Å². The lowest BCUT2D eigenvalue weighted by Crippen LogP contribution is -2.35. The van der Waals surface area contributed by atoms with Gasteiger partial charge in [0.15, 0.2) is 0 Å². The summed E-state index contributed by atoms with van der Waals surface area (Å²) in [6.07, 6.45) is 6.67. The highest BCUT2D eigenvalue weighted by atomic mass is 16.5. The summed E-state index contributed by atoms with van der Waals surface area (Å²) in [5.41, 5.74) is 3.43. The van der Waals surface area contributed by atoms with Crippen molar-refractivity contribution in [1.29, 1.82) is 0 Å². The summed E-state index contributed by atoms with van der Waals surface area (Å²) < 4.78 is 5.89. The second-order valence-corrected chi connectivity index (χ2v) is 7.79. The van der Waals surface area contributed by atoms with E-state index in [0.717, 1.165) is 35.5 Å². The highest BCUT2D eigenvalue weighted by molar-refractivity contribution is 5.80. The van der Waals surface area contributed by atoms with Crippen LogP contribution in [0.3, 0.4) is 0 Å². The molecule has 0 saturated carbocycles. The summed E-state index contributed by atoms with van der Waals surface area (Å²) in [4.78, 5) is 11.5. The molecule has 4 heteroatoms. The molecule has 4 nitrogen and oxygen atoms in total. The number of hydrogen-bond acceptors (Lipinski definition) is 4. The zero-order valence-electron chi connectivity index (χ0n) is 16.7. The van der Waals surface area contributed by atoms with Crippen molar-refractivity contribution in [2.24, 2.45) is 5.92 Å². The molecule has 3 aromatic rings. The van der Waals surface area contributed by atoms with Crippen molar-refractivity contribution in [3.63, 3.8) is 0 Å². The first-order valence-electron chi connectivity index (χ1n) is 10.4. The summed E-state index contributed by atoms with van der Waals surface area (Å²) in [5.74, 6) is 1.54. The van der Waals surface area contributed by atoms with Crippen molar-refractivity contribution in [2.75, 3.05) is 26.2 Å². The molecule has 0 N–H and O–H groups in total. The van der Waals surface area contributed by atoms with E-state index >= 15 is 0 Å². The highest BCUT2D eigenvalue weighted by Gasteiger charge is 2.19. The maximum atomic E-state index is 5.89. The molecule has 1 fully saturated rings. The number of rotatable bonds is 7. The van der Waals surface area contributed by atoms with Gasteiger partial charge in [0, 0.05) is 29.9 Å². The molecule has 0 radical (unpaired) electrons. The van der Waals surface area contributed by atoms with Gasteiger partial charge in [0.1, 0.15) is 0 Å². The molecule has 0 unspecified atom stereocenters. The van der Waals surface area contributed by atoms with E-state index in [4.69, 9.17) is 4.74 Å². The van der Waals surface area contributed by atoms with E-state index in [1.54, 1.807) is 6.20 Å². The lowest BCUT2D eigenvalue weighted by atomic mass is 9.90. The largest absolute Gasteiger partial charge is 0.478 e. The number of ether oxygens (including phenoxy) is 1. The molecule has 1 aromatic carbocycles. The Morgan fingerprint density at radius 1 is 1.04 bits per heavy atom. The molecule has 146 valence electrons. The second kappa shape index (κ2) is 9.16. The number of aryl methyl sites for hydroxylation is 1. The van der Waals surface area contributed by atoms with Crippen LogP contribution in [0.4, 0.5) is 0 Å². The van der Waals surface area contributed by atoms with E-state index < -0.39 is 0 Å². The van der Waals surface area contributed by atoms with Crippen LogP contribution >= 0.6 is 0 Å². The van der Waals surface area contributed by atoms with E-state index in [1.165, 1.54) is 37.9 Å². The van der Waals surface area contributed by atoms with Gasteiger partial charge in [0.2, 0.25) is 5.88 Å². The molecule has 1 aliphatic rings. The zero-order valence-corrected chi connectivity index (χ0v) is 16.7. The summed E-state index contributed by atoms with van der Waals surface area (Å²) >= 11 is 0. The first-order valence-corrected chi connectivity index (χ1v) is 10.4. The molecule has 1 aliphatic heterocycles. The molecular weight excluding hydrogens is 346 g/mol. The Balaban J connectivity index is 1.17.